The number of aryl methyl sites for hydroxylation is 2. The van der Waals surface area contributed by atoms with Gasteiger partial charge in [-0.15, -0.1) is 11.3 Å². The van der Waals surface area contributed by atoms with E-state index in [0.29, 0.717) is 0 Å². The Morgan fingerprint density at radius 1 is 1.29 bits per heavy atom. The lowest BCUT2D eigenvalue weighted by molar-refractivity contribution is 0.103. The van der Waals surface area contributed by atoms with E-state index in [4.69, 9.17) is 0 Å². The highest BCUT2D eigenvalue weighted by Crippen LogP contribution is 2.29. The lowest BCUT2D eigenvalue weighted by Gasteiger charge is -2.05. The molecule has 2 aromatic rings. The van der Waals surface area contributed by atoms with Crippen molar-refractivity contribution in [1.82, 2.24) is 0 Å². The van der Waals surface area contributed by atoms with Gasteiger partial charge in [-0.2, -0.15) is 0 Å². The first-order valence-corrected chi connectivity index (χ1v) is 7.75. The first-order valence-electron chi connectivity index (χ1n) is 5.06. The van der Waals surface area contributed by atoms with Gasteiger partial charge in [-0.05, 0) is 70.1 Å². The Kier molecular flexibility index (Phi) is 4.05. The summed E-state index contributed by atoms with van der Waals surface area (Å²) in [6, 6.07) is 7.75. The van der Waals surface area contributed by atoms with Crippen LogP contribution in [0.2, 0.25) is 0 Å². The number of carbonyl (C=O) groups is 1. The number of ketones is 1. The van der Waals surface area contributed by atoms with Crippen molar-refractivity contribution >= 4 is 55.6 Å². The van der Waals surface area contributed by atoms with Crippen LogP contribution in [0.4, 0.5) is 0 Å². The second kappa shape index (κ2) is 5.20. The quantitative estimate of drug-likeness (QED) is 0.495. The van der Waals surface area contributed by atoms with Crippen molar-refractivity contribution in [2.75, 3.05) is 0 Å². The molecule has 2 rings (SSSR count). The molecule has 0 amide bonds. The van der Waals surface area contributed by atoms with E-state index in [2.05, 4.69) is 38.5 Å². The Morgan fingerprint density at radius 2 is 2.00 bits per heavy atom. The molecule has 1 heterocycles. The van der Waals surface area contributed by atoms with Crippen LogP contribution in [0, 0.1) is 17.4 Å². The van der Waals surface area contributed by atoms with Crippen LogP contribution in [0.5, 0.6) is 0 Å². The van der Waals surface area contributed by atoms with Crippen molar-refractivity contribution in [3.8, 4) is 0 Å². The Morgan fingerprint density at radius 3 is 2.59 bits per heavy atom. The van der Waals surface area contributed by atoms with Crippen molar-refractivity contribution < 1.29 is 4.79 Å². The Labute approximate surface area is 127 Å². The second-order valence-corrected chi connectivity index (χ2v) is 7.50. The molecule has 4 heteroatoms. The summed E-state index contributed by atoms with van der Waals surface area (Å²) >= 11 is 7.25. The average molecular weight is 421 g/mol. The van der Waals surface area contributed by atoms with Gasteiger partial charge in [-0.25, -0.2) is 0 Å². The summed E-state index contributed by atoms with van der Waals surface area (Å²) in [4.78, 5) is 13.5. The van der Waals surface area contributed by atoms with E-state index in [-0.39, 0.29) is 5.78 Å². The fourth-order valence-electron chi connectivity index (χ4n) is 1.64. The lowest BCUT2D eigenvalue weighted by atomic mass is 10.0. The number of rotatable bonds is 2. The Hall–Kier alpha value is -0.200. The van der Waals surface area contributed by atoms with E-state index in [1.165, 1.54) is 0 Å². The SMILES string of the molecule is Cc1cccc(C(=O)c2cc(Br)sc2C)c1I. The third-order valence-corrected chi connectivity index (χ3v) is 5.55. The summed E-state index contributed by atoms with van der Waals surface area (Å²) in [5, 5.41) is 0. The van der Waals surface area contributed by atoms with Crippen molar-refractivity contribution in [3.63, 3.8) is 0 Å². The summed E-state index contributed by atoms with van der Waals surface area (Å²) in [5.74, 6) is 0.109. The molecule has 1 aromatic heterocycles. The summed E-state index contributed by atoms with van der Waals surface area (Å²) in [5.41, 5.74) is 2.73. The lowest BCUT2D eigenvalue weighted by Crippen LogP contribution is -2.04. The summed E-state index contributed by atoms with van der Waals surface area (Å²) in [6.07, 6.45) is 0. The van der Waals surface area contributed by atoms with Gasteiger partial charge in [0.2, 0.25) is 0 Å². The molecule has 0 aliphatic rings. The van der Waals surface area contributed by atoms with Crippen molar-refractivity contribution in [3.05, 3.63) is 53.2 Å². The predicted octanol–water partition coefficient (Wildman–Crippen LogP) is 4.96. The molecule has 0 bridgehead atoms. The van der Waals surface area contributed by atoms with Crippen LogP contribution in [0.3, 0.4) is 0 Å². The molecule has 1 nitrogen and oxygen atoms in total. The number of hydrogen-bond donors (Lipinski definition) is 0. The van der Waals surface area contributed by atoms with Gasteiger partial charge in [0, 0.05) is 19.6 Å². The molecule has 0 saturated heterocycles. The molecule has 0 N–H and O–H groups in total. The molecule has 0 atom stereocenters. The maximum absolute atomic E-state index is 12.4. The Bertz CT molecular complexity index is 589. The maximum Gasteiger partial charge on any atom is 0.195 e. The van der Waals surface area contributed by atoms with E-state index in [9.17, 15) is 4.79 Å². The fraction of sp³-hybridized carbons (Fsp3) is 0.154. The molecular weight excluding hydrogens is 411 g/mol. The summed E-state index contributed by atoms with van der Waals surface area (Å²) in [6.45, 7) is 4.00. The molecule has 0 saturated carbocycles. The maximum atomic E-state index is 12.4. The van der Waals surface area contributed by atoms with Gasteiger partial charge >= 0.3 is 0 Å². The summed E-state index contributed by atoms with van der Waals surface area (Å²) in [7, 11) is 0. The summed E-state index contributed by atoms with van der Waals surface area (Å²) < 4.78 is 2.04. The van der Waals surface area contributed by atoms with Gasteiger partial charge in [0.25, 0.3) is 0 Å². The molecule has 0 aliphatic carbocycles. The van der Waals surface area contributed by atoms with Gasteiger partial charge < -0.3 is 0 Å². The molecule has 0 radical (unpaired) electrons. The zero-order valence-corrected chi connectivity index (χ0v) is 13.9. The third kappa shape index (κ3) is 2.63. The van der Waals surface area contributed by atoms with Crippen LogP contribution >= 0.6 is 49.9 Å². The largest absolute Gasteiger partial charge is 0.289 e. The number of hydrogen-bond acceptors (Lipinski definition) is 2. The first-order chi connectivity index (χ1) is 8.00. The van der Waals surface area contributed by atoms with Crippen LogP contribution in [-0.2, 0) is 0 Å². The first kappa shape index (κ1) is 13.2. The van der Waals surface area contributed by atoms with E-state index >= 15 is 0 Å². The van der Waals surface area contributed by atoms with E-state index in [1.807, 2.05) is 38.1 Å². The van der Waals surface area contributed by atoms with Crippen molar-refractivity contribution in [2.24, 2.45) is 0 Å². The van der Waals surface area contributed by atoms with Gasteiger partial charge in [-0.3, -0.25) is 4.79 Å². The zero-order chi connectivity index (χ0) is 12.6. The molecule has 0 spiro atoms. The van der Waals surface area contributed by atoms with Crippen LogP contribution in [0.25, 0.3) is 0 Å². The van der Waals surface area contributed by atoms with E-state index in [1.54, 1.807) is 11.3 Å². The minimum atomic E-state index is 0.109. The average Bonchev–Trinajstić information content (AvgIpc) is 2.61. The minimum absolute atomic E-state index is 0.109. The van der Waals surface area contributed by atoms with Crippen molar-refractivity contribution in [2.45, 2.75) is 13.8 Å². The van der Waals surface area contributed by atoms with Crippen LogP contribution in [0.15, 0.2) is 28.1 Å². The number of halogens is 2. The van der Waals surface area contributed by atoms with Gasteiger partial charge in [-0.1, -0.05) is 12.1 Å². The van der Waals surface area contributed by atoms with Gasteiger partial charge in [0.15, 0.2) is 5.78 Å². The number of thiophene rings is 1. The molecule has 1 aromatic carbocycles. The minimum Gasteiger partial charge on any atom is -0.289 e. The smallest absolute Gasteiger partial charge is 0.195 e. The molecule has 0 fully saturated rings. The Balaban J connectivity index is 2.51. The highest BCUT2D eigenvalue weighted by Gasteiger charge is 2.17. The number of benzene rings is 1. The number of carbonyl (C=O) groups excluding carboxylic acids is 1. The topological polar surface area (TPSA) is 17.1 Å². The van der Waals surface area contributed by atoms with E-state index < -0.39 is 0 Å². The molecule has 0 unspecified atom stereocenters. The molecule has 88 valence electrons. The third-order valence-electron chi connectivity index (χ3n) is 2.57. The molecular formula is C13H10BrIOS. The van der Waals surface area contributed by atoms with Crippen molar-refractivity contribution in [1.29, 1.82) is 0 Å². The zero-order valence-electron chi connectivity index (χ0n) is 9.38. The highest BCUT2D eigenvalue weighted by atomic mass is 127. The van der Waals surface area contributed by atoms with Gasteiger partial charge in [0.1, 0.15) is 0 Å². The fourth-order valence-corrected chi connectivity index (χ4v) is 3.93. The van der Waals surface area contributed by atoms with Crippen LogP contribution in [-0.4, -0.2) is 5.78 Å². The molecule has 17 heavy (non-hydrogen) atoms. The monoisotopic (exact) mass is 420 g/mol. The second-order valence-electron chi connectivity index (χ2n) is 3.79. The normalized spacial score (nSPS) is 10.6. The van der Waals surface area contributed by atoms with Gasteiger partial charge in [0.05, 0.1) is 3.79 Å². The standard InChI is InChI=1S/C13H10BrIOS/c1-7-4-3-5-9(12(7)15)13(16)10-6-11(14)17-8(10)2/h3-6H,1-2H3. The molecule has 0 aliphatic heterocycles. The predicted molar refractivity (Wildman–Crippen MR) is 84.1 cm³/mol. The van der Waals surface area contributed by atoms with Crippen LogP contribution < -0.4 is 0 Å². The van der Waals surface area contributed by atoms with E-state index in [0.717, 1.165) is 28.9 Å². The highest BCUT2D eigenvalue weighted by molar-refractivity contribution is 14.1. The van der Waals surface area contributed by atoms with Crippen LogP contribution in [0.1, 0.15) is 26.4 Å².